The number of fused-ring (bicyclic) bond motifs is 1. The predicted molar refractivity (Wildman–Crippen MR) is 88.9 cm³/mol. The molecule has 3 rings (SSSR count). The summed E-state index contributed by atoms with van der Waals surface area (Å²) in [5.41, 5.74) is 1.53. The molecule has 1 atom stereocenters. The molecule has 1 aliphatic heterocycles. The summed E-state index contributed by atoms with van der Waals surface area (Å²) in [6, 6.07) is 4.71. The molecule has 0 aromatic heterocycles. The predicted octanol–water partition coefficient (Wildman–Crippen LogP) is 2.19. The van der Waals surface area contributed by atoms with E-state index < -0.39 is 28.0 Å². The van der Waals surface area contributed by atoms with Crippen molar-refractivity contribution in [2.75, 3.05) is 17.7 Å². The second kappa shape index (κ2) is 6.20. The summed E-state index contributed by atoms with van der Waals surface area (Å²) in [4.78, 5) is 25.0. The van der Waals surface area contributed by atoms with Crippen molar-refractivity contribution in [1.29, 1.82) is 0 Å². The fourth-order valence-electron chi connectivity index (χ4n) is 3.83. The number of sulfone groups is 1. The van der Waals surface area contributed by atoms with Crippen LogP contribution in [-0.2, 0) is 19.4 Å². The van der Waals surface area contributed by atoms with Gasteiger partial charge in [-0.25, -0.2) is 8.42 Å². The first-order valence-corrected chi connectivity index (χ1v) is 9.82. The topological polar surface area (TPSA) is 91.8 Å². The molecule has 6 nitrogen and oxygen atoms in total. The van der Waals surface area contributed by atoms with Crippen molar-refractivity contribution in [2.24, 2.45) is 5.92 Å². The molecule has 1 amide bonds. The average molecular weight is 351 g/mol. The largest absolute Gasteiger partial charge is 0.481 e. The third kappa shape index (κ3) is 2.92. The van der Waals surface area contributed by atoms with E-state index in [1.807, 2.05) is 0 Å². The number of likely N-dealkylation sites (N-methyl/N-ethyl adjacent to an activating group) is 1. The number of carbonyl (C=O) groups is 2. The van der Waals surface area contributed by atoms with Gasteiger partial charge in [0.2, 0.25) is 5.91 Å². The van der Waals surface area contributed by atoms with E-state index in [0.717, 1.165) is 36.9 Å². The standard InChI is InChI=1S/C17H21NO5S/c1-18-14-7-6-12(24(22,23)9-8-15(19)20)10-13(14)16(17(18)21)11-4-2-3-5-11/h6-7,10-11,16H,2-5,8-9H2,1H3,(H,19,20)/t16-/m1/s1. The molecule has 1 aromatic carbocycles. The summed E-state index contributed by atoms with van der Waals surface area (Å²) in [5.74, 6) is -1.56. The quantitative estimate of drug-likeness (QED) is 0.878. The number of rotatable bonds is 5. The number of carboxylic acids is 1. The highest BCUT2D eigenvalue weighted by atomic mass is 32.2. The molecule has 0 unspecified atom stereocenters. The van der Waals surface area contributed by atoms with Crippen LogP contribution < -0.4 is 4.90 Å². The van der Waals surface area contributed by atoms with Crippen molar-refractivity contribution < 1.29 is 23.1 Å². The van der Waals surface area contributed by atoms with Gasteiger partial charge in [0.05, 0.1) is 23.0 Å². The van der Waals surface area contributed by atoms with Gasteiger partial charge in [0.1, 0.15) is 0 Å². The van der Waals surface area contributed by atoms with Crippen LogP contribution in [0.2, 0.25) is 0 Å². The van der Waals surface area contributed by atoms with Gasteiger partial charge in [0.15, 0.2) is 9.84 Å². The molecule has 0 radical (unpaired) electrons. The van der Waals surface area contributed by atoms with E-state index in [1.54, 1.807) is 24.1 Å². The van der Waals surface area contributed by atoms with E-state index in [9.17, 15) is 18.0 Å². The van der Waals surface area contributed by atoms with Crippen LogP contribution in [0.15, 0.2) is 23.1 Å². The Bertz CT molecular complexity index is 780. The second-order valence-electron chi connectivity index (χ2n) is 6.60. The number of carboxylic acid groups (broad SMARTS) is 1. The Hall–Kier alpha value is -1.89. The Kier molecular flexibility index (Phi) is 4.38. The molecule has 0 bridgehead atoms. The Labute approximate surface area is 141 Å². The number of hydrogen-bond donors (Lipinski definition) is 1. The van der Waals surface area contributed by atoms with Crippen LogP contribution in [0.25, 0.3) is 0 Å². The van der Waals surface area contributed by atoms with Gasteiger partial charge in [-0.3, -0.25) is 9.59 Å². The molecule has 7 heteroatoms. The van der Waals surface area contributed by atoms with Crippen LogP contribution in [0.1, 0.15) is 43.6 Å². The lowest BCUT2D eigenvalue weighted by Crippen LogP contribution is -2.27. The number of aliphatic carboxylic acids is 1. The monoisotopic (exact) mass is 351 g/mol. The molecule has 1 aliphatic carbocycles. The first kappa shape index (κ1) is 17.0. The third-order valence-electron chi connectivity index (χ3n) is 5.11. The number of nitrogens with zero attached hydrogens (tertiary/aromatic N) is 1. The van der Waals surface area contributed by atoms with Crippen molar-refractivity contribution in [3.8, 4) is 0 Å². The minimum Gasteiger partial charge on any atom is -0.481 e. The Morgan fingerprint density at radius 1 is 1.29 bits per heavy atom. The van der Waals surface area contributed by atoms with Crippen LogP contribution in [0, 0.1) is 5.92 Å². The van der Waals surface area contributed by atoms with Crippen molar-refractivity contribution in [1.82, 2.24) is 0 Å². The molecular formula is C17H21NO5S. The maximum absolute atomic E-state index is 12.6. The highest BCUT2D eigenvalue weighted by molar-refractivity contribution is 7.91. The van der Waals surface area contributed by atoms with Gasteiger partial charge in [-0.05, 0) is 42.5 Å². The van der Waals surface area contributed by atoms with Crippen LogP contribution in [0.3, 0.4) is 0 Å². The molecule has 1 saturated carbocycles. The van der Waals surface area contributed by atoms with E-state index in [-0.39, 0.29) is 22.6 Å². The smallest absolute Gasteiger partial charge is 0.304 e. The van der Waals surface area contributed by atoms with Gasteiger partial charge >= 0.3 is 5.97 Å². The summed E-state index contributed by atoms with van der Waals surface area (Å²) in [7, 11) is -1.95. The first-order valence-electron chi connectivity index (χ1n) is 8.17. The van der Waals surface area contributed by atoms with Gasteiger partial charge < -0.3 is 10.0 Å². The zero-order chi connectivity index (χ0) is 17.5. The lowest BCUT2D eigenvalue weighted by atomic mass is 9.86. The molecule has 130 valence electrons. The fraction of sp³-hybridized carbons (Fsp3) is 0.529. The van der Waals surface area contributed by atoms with Crippen LogP contribution in [-0.4, -0.2) is 38.2 Å². The molecule has 0 spiro atoms. The van der Waals surface area contributed by atoms with E-state index in [4.69, 9.17) is 5.11 Å². The third-order valence-corrected chi connectivity index (χ3v) is 6.82. The summed E-state index contributed by atoms with van der Waals surface area (Å²) < 4.78 is 24.7. The number of carbonyl (C=O) groups excluding carboxylic acids is 1. The fourth-order valence-corrected chi connectivity index (χ4v) is 5.09. The molecule has 1 N–H and O–H groups in total. The van der Waals surface area contributed by atoms with Crippen LogP contribution in [0.5, 0.6) is 0 Å². The molecular weight excluding hydrogens is 330 g/mol. The minimum absolute atomic E-state index is 0.0250. The normalized spacial score (nSPS) is 21.3. The van der Waals surface area contributed by atoms with Crippen LogP contribution in [0.4, 0.5) is 5.69 Å². The number of anilines is 1. The number of hydrogen-bond acceptors (Lipinski definition) is 4. The highest BCUT2D eigenvalue weighted by Gasteiger charge is 2.41. The second-order valence-corrected chi connectivity index (χ2v) is 8.71. The summed E-state index contributed by atoms with van der Waals surface area (Å²) in [6.45, 7) is 0. The zero-order valence-electron chi connectivity index (χ0n) is 13.6. The van der Waals surface area contributed by atoms with E-state index in [1.165, 1.54) is 6.07 Å². The van der Waals surface area contributed by atoms with E-state index in [0.29, 0.717) is 0 Å². The van der Waals surface area contributed by atoms with E-state index >= 15 is 0 Å². The Morgan fingerprint density at radius 2 is 1.96 bits per heavy atom. The van der Waals surface area contributed by atoms with Gasteiger partial charge in [0, 0.05) is 12.7 Å². The van der Waals surface area contributed by atoms with Gasteiger partial charge in [0.25, 0.3) is 0 Å². The summed E-state index contributed by atoms with van der Waals surface area (Å²) >= 11 is 0. The number of benzene rings is 1. The van der Waals surface area contributed by atoms with Crippen LogP contribution >= 0.6 is 0 Å². The van der Waals surface area contributed by atoms with Crippen molar-refractivity contribution in [3.05, 3.63) is 23.8 Å². The molecule has 2 aliphatic rings. The molecule has 1 aromatic rings. The van der Waals surface area contributed by atoms with Gasteiger partial charge in [-0.15, -0.1) is 0 Å². The lowest BCUT2D eigenvalue weighted by Gasteiger charge is -2.17. The SMILES string of the molecule is CN1C(=O)[C@H](C2CCCC2)c2cc(S(=O)(=O)CCC(=O)O)ccc21. The average Bonchev–Trinajstić information content (AvgIpc) is 3.13. The van der Waals surface area contributed by atoms with Gasteiger partial charge in [-0.1, -0.05) is 12.8 Å². The number of amides is 1. The molecule has 1 heterocycles. The summed E-state index contributed by atoms with van der Waals surface area (Å²) in [6.07, 6.45) is 3.75. The zero-order valence-corrected chi connectivity index (χ0v) is 14.4. The van der Waals surface area contributed by atoms with Gasteiger partial charge in [-0.2, -0.15) is 0 Å². The van der Waals surface area contributed by atoms with Crippen molar-refractivity contribution >= 4 is 27.4 Å². The van der Waals surface area contributed by atoms with Crippen molar-refractivity contribution in [3.63, 3.8) is 0 Å². The minimum atomic E-state index is -3.67. The van der Waals surface area contributed by atoms with Crippen molar-refractivity contribution in [2.45, 2.75) is 42.9 Å². The summed E-state index contributed by atoms with van der Waals surface area (Å²) in [5, 5.41) is 8.72. The lowest BCUT2D eigenvalue weighted by molar-refractivity contribution is -0.136. The van der Waals surface area contributed by atoms with E-state index in [2.05, 4.69) is 0 Å². The maximum atomic E-state index is 12.6. The Morgan fingerprint density at radius 3 is 2.58 bits per heavy atom. The highest BCUT2D eigenvalue weighted by Crippen LogP contribution is 2.46. The maximum Gasteiger partial charge on any atom is 0.304 e. The Balaban J connectivity index is 1.97. The first-order chi connectivity index (χ1) is 11.3. The molecule has 24 heavy (non-hydrogen) atoms. The molecule has 1 fully saturated rings. The molecule has 0 saturated heterocycles.